The Morgan fingerprint density at radius 2 is 2.35 bits per heavy atom. The third kappa shape index (κ3) is 2.78. The van der Waals surface area contributed by atoms with E-state index in [0.717, 1.165) is 16.3 Å². The Labute approximate surface area is 122 Å². The second kappa shape index (κ2) is 5.56. The van der Waals surface area contributed by atoms with Crippen molar-refractivity contribution < 1.29 is 14.1 Å². The molecule has 0 saturated carbocycles. The summed E-state index contributed by atoms with van der Waals surface area (Å²) >= 11 is 3.15. The minimum Gasteiger partial charge on any atom is -0.453 e. The Bertz CT molecular complexity index is 716. The van der Waals surface area contributed by atoms with Gasteiger partial charge in [-0.05, 0) is 18.4 Å². The Kier molecular flexibility index (Phi) is 3.62. The zero-order valence-corrected chi connectivity index (χ0v) is 12.2. The normalized spacial score (nSPS) is 10.7. The molecule has 20 heavy (non-hydrogen) atoms. The Balaban J connectivity index is 1.63. The molecule has 0 spiro atoms. The number of thiazole rings is 1. The lowest BCUT2D eigenvalue weighted by molar-refractivity contribution is 0.0421. The lowest BCUT2D eigenvalue weighted by atomic mass is 10.3. The second-order valence-corrected chi connectivity index (χ2v) is 5.70. The van der Waals surface area contributed by atoms with E-state index in [1.165, 1.54) is 11.3 Å². The number of carbonyl (C=O) groups excluding carboxylic acids is 1. The first-order chi connectivity index (χ1) is 9.72. The van der Waals surface area contributed by atoms with Crippen molar-refractivity contribution in [2.75, 3.05) is 0 Å². The van der Waals surface area contributed by atoms with E-state index in [9.17, 15) is 4.79 Å². The van der Waals surface area contributed by atoms with Crippen LogP contribution in [0.25, 0.3) is 10.6 Å². The molecule has 0 aliphatic carbocycles. The summed E-state index contributed by atoms with van der Waals surface area (Å²) in [6, 6.07) is 3.55. The molecule has 3 aromatic heterocycles. The highest BCUT2D eigenvalue weighted by Crippen LogP contribution is 2.25. The van der Waals surface area contributed by atoms with Gasteiger partial charge in [0.25, 0.3) is 0 Å². The average Bonchev–Trinajstić information content (AvgIpc) is 3.16. The lowest BCUT2D eigenvalue weighted by Gasteiger charge is -1.98. The van der Waals surface area contributed by atoms with E-state index in [2.05, 4.69) is 10.1 Å². The number of nitrogens with zero attached hydrogens (tertiary/aromatic N) is 2. The van der Waals surface area contributed by atoms with Gasteiger partial charge in [-0.1, -0.05) is 5.16 Å². The molecule has 0 aliphatic heterocycles. The van der Waals surface area contributed by atoms with Crippen molar-refractivity contribution in [1.82, 2.24) is 10.1 Å². The predicted molar refractivity (Wildman–Crippen MR) is 75.8 cm³/mol. The van der Waals surface area contributed by atoms with E-state index in [4.69, 9.17) is 9.26 Å². The van der Waals surface area contributed by atoms with Gasteiger partial charge in [0.15, 0.2) is 0 Å². The number of aromatic nitrogens is 2. The van der Waals surface area contributed by atoms with Crippen molar-refractivity contribution in [3.8, 4) is 10.6 Å². The standard InChI is InChI=1S/C13H10N2O3S2/c1-8-4-11(18-15-8)13(16)17-5-10-7-20-12(14-10)9-2-3-19-6-9/h2-4,6-7H,5H2,1H3. The molecule has 3 aromatic rings. The van der Waals surface area contributed by atoms with Crippen LogP contribution >= 0.6 is 22.7 Å². The Morgan fingerprint density at radius 1 is 1.45 bits per heavy atom. The first-order valence-electron chi connectivity index (χ1n) is 5.80. The molecule has 0 amide bonds. The maximum atomic E-state index is 11.7. The van der Waals surface area contributed by atoms with Crippen LogP contribution in [0.4, 0.5) is 0 Å². The van der Waals surface area contributed by atoms with Gasteiger partial charge in [-0.2, -0.15) is 11.3 Å². The maximum Gasteiger partial charge on any atom is 0.377 e. The quantitative estimate of drug-likeness (QED) is 0.690. The van der Waals surface area contributed by atoms with E-state index < -0.39 is 5.97 Å². The largest absolute Gasteiger partial charge is 0.453 e. The zero-order chi connectivity index (χ0) is 13.9. The molecule has 0 aliphatic rings. The van der Waals surface area contributed by atoms with Crippen molar-refractivity contribution in [3.05, 3.63) is 45.4 Å². The van der Waals surface area contributed by atoms with Crippen LogP contribution in [0.5, 0.6) is 0 Å². The van der Waals surface area contributed by atoms with Gasteiger partial charge in [0.1, 0.15) is 11.6 Å². The van der Waals surface area contributed by atoms with E-state index >= 15 is 0 Å². The van der Waals surface area contributed by atoms with Gasteiger partial charge in [-0.3, -0.25) is 0 Å². The highest BCUT2D eigenvalue weighted by molar-refractivity contribution is 7.14. The van der Waals surface area contributed by atoms with Crippen LogP contribution in [0.15, 0.2) is 32.8 Å². The molecule has 0 radical (unpaired) electrons. The molecule has 5 nitrogen and oxygen atoms in total. The van der Waals surface area contributed by atoms with Crippen LogP contribution in [-0.2, 0) is 11.3 Å². The molecule has 0 aromatic carbocycles. The predicted octanol–water partition coefficient (Wildman–Crippen LogP) is 3.53. The summed E-state index contributed by atoms with van der Waals surface area (Å²) in [4.78, 5) is 16.1. The van der Waals surface area contributed by atoms with Crippen LogP contribution in [0.1, 0.15) is 21.9 Å². The summed E-state index contributed by atoms with van der Waals surface area (Å²) < 4.78 is 9.97. The highest BCUT2D eigenvalue weighted by Gasteiger charge is 2.14. The lowest BCUT2D eigenvalue weighted by Crippen LogP contribution is -2.04. The average molecular weight is 306 g/mol. The molecule has 3 heterocycles. The van der Waals surface area contributed by atoms with Gasteiger partial charge >= 0.3 is 5.97 Å². The van der Waals surface area contributed by atoms with Gasteiger partial charge in [-0.15, -0.1) is 11.3 Å². The number of esters is 1. The van der Waals surface area contributed by atoms with Crippen LogP contribution in [0.3, 0.4) is 0 Å². The molecular formula is C13H10N2O3S2. The summed E-state index contributed by atoms with van der Waals surface area (Å²) in [6.07, 6.45) is 0. The molecule has 0 N–H and O–H groups in total. The van der Waals surface area contributed by atoms with Crippen molar-refractivity contribution in [2.45, 2.75) is 13.5 Å². The number of aryl methyl sites for hydroxylation is 1. The second-order valence-electron chi connectivity index (χ2n) is 4.06. The maximum absolute atomic E-state index is 11.7. The molecule has 3 rings (SSSR count). The Hall–Kier alpha value is -1.99. The van der Waals surface area contributed by atoms with Crippen LogP contribution in [-0.4, -0.2) is 16.1 Å². The topological polar surface area (TPSA) is 65.2 Å². The summed E-state index contributed by atoms with van der Waals surface area (Å²) in [5.41, 5.74) is 2.45. The van der Waals surface area contributed by atoms with Crippen molar-refractivity contribution in [3.63, 3.8) is 0 Å². The summed E-state index contributed by atoms with van der Waals surface area (Å²) in [7, 11) is 0. The monoisotopic (exact) mass is 306 g/mol. The van der Waals surface area contributed by atoms with Crippen LogP contribution < -0.4 is 0 Å². The molecule has 0 unspecified atom stereocenters. The molecule has 102 valence electrons. The third-order valence-corrected chi connectivity index (χ3v) is 4.12. The number of carbonyl (C=O) groups is 1. The summed E-state index contributed by atoms with van der Waals surface area (Å²) in [5.74, 6) is -0.425. The minimum atomic E-state index is -0.532. The van der Waals surface area contributed by atoms with Crippen LogP contribution in [0, 0.1) is 6.92 Å². The van der Waals surface area contributed by atoms with Gasteiger partial charge in [0, 0.05) is 22.4 Å². The molecule has 0 saturated heterocycles. The van der Waals surface area contributed by atoms with Crippen molar-refractivity contribution >= 4 is 28.6 Å². The van der Waals surface area contributed by atoms with Gasteiger partial charge < -0.3 is 9.26 Å². The van der Waals surface area contributed by atoms with E-state index in [1.54, 1.807) is 24.3 Å². The fraction of sp³-hybridized carbons (Fsp3) is 0.154. The number of ether oxygens (including phenoxy) is 1. The molecule has 0 atom stereocenters. The van der Waals surface area contributed by atoms with E-state index in [1.807, 2.05) is 22.2 Å². The molecular weight excluding hydrogens is 296 g/mol. The fourth-order valence-electron chi connectivity index (χ4n) is 1.56. The number of hydrogen-bond donors (Lipinski definition) is 0. The number of rotatable bonds is 4. The summed E-state index contributed by atoms with van der Waals surface area (Å²) in [5, 5.41) is 10.5. The molecule has 0 fully saturated rings. The van der Waals surface area contributed by atoms with Crippen LogP contribution in [0.2, 0.25) is 0 Å². The minimum absolute atomic E-state index is 0.107. The first kappa shape index (κ1) is 13.0. The molecule has 0 bridgehead atoms. The van der Waals surface area contributed by atoms with Crippen molar-refractivity contribution in [1.29, 1.82) is 0 Å². The molecule has 7 heteroatoms. The van der Waals surface area contributed by atoms with E-state index in [0.29, 0.717) is 5.69 Å². The zero-order valence-electron chi connectivity index (χ0n) is 10.5. The van der Waals surface area contributed by atoms with Gasteiger partial charge in [0.2, 0.25) is 5.76 Å². The Morgan fingerprint density at radius 3 is 3.05 bits per heavy atom. The highest BCUT2D eigenvalue weighted by atomic mass is 32.1. The number of thiophene rings is 1. The SMILES string of the molecule is Cc1cc(C(=O)OCc2csc(-c3ccsc3)n2)on1. The summed E-state index contributed by atoms with van der Waals surface area (Å²) in [6.45, 7) is 1.87. The van der Waals surface area contributed by atoms with Gasteiger partial charge in [0.05, 0.1) is 11.4 Å². The van der Waals surface area contributed by atoms with E-state index in [-0.39, 0.29) is 12.4 Å². The van der Waals surface area contributed by atoms with Crippen molar-refractivity contribution in [2.24, 2.45) is 0 Å². The van der Waals surface area contributed by atoms with Gasteiger partial charge in [-0.25, -0.2) is 9.78 Å². The third-order valence-electron chi connectivity index (χ3n) is 2.50. The first-order valence-corrected chi connectivity index (χ1v) is 7.62. The number of hydrogen-bond acceptors (Lipinski definition) is 7. The smallest absolute Gasteiger partial charge is 0.377 e. The fourth-order valence-corrected chi connectivity index (χ4v) is 3.08.